The Morgan fingerprint density at radius 1 is 1.04 bits per heavy atom. The van der Waals surface area contributed by atoms with E-state index >= 15 is 0 Å². The van der Waals surface area contributed by atoms with Crippen LogP contribution in [-0.2, 0) is 9.59 Å². The SMILES string of the molecule is O=C(CN1CCC(CC(=O)N2CCCC2)CC1)Nc1ccc(I)cc1. The molecule has 0 unspecified atom stereocenters. The summed E-state index contributed by atoms with van der Waals surface area (Å²) in [6.45, 7) is 4.11. The molecule has 2 heterocycles. The Hall–Kier alpha value is -1.15. The van der Waals surface area contributed by atoms with Crippen LogP contribution in [0.3, 0.4) is 0 Å². The van der Waals surface area contributed by atoms with Gasteiger partial charge in [-0.2, -0.15) is 0 Å². The number of rotatable bonds is 5. The molecule has 2 aliphatic heterocycles. The molecule has 2 fully saturated rings. The van der Waals surface area contributed by atoms with E-state index in [0.29, 0.717) is 24.8 Å². The monoisotopic (exact) mass is 455 g/mol. The molecule has 136 valence electrons. The van der Waals surface area contributed by atoms with Crippen LogP contribution in [0.1, 0.15) is 32.1 Å². The number of nitrogens with one attached hydrogen (secondary N) is 1. The first kappa shape index (κ1) is 18.6. The summed E-state index contributed by atoms with van der Waals surface area (Å²) in [5, 5.41) is 2.95. The quantitative estimate of drug-likeness (QED) is 0.695. The third-order valence-electron chi connectivity index (χ3n) is 5.12. The first-order valence-corrected chi connectivity index (χ1v) is 10.2. The van der Waals surface area contributed by atoms with Crippen LogP contribution in [0.4, 0.5) is 5.69 Å². The Kier molecular flexibility index (Phi) is 6.70. The number of nitrogens with zero attached hydrogens (tertiary/aromatic N) is 2. The molecule has 0 radical (unpaired) electrons. The van der Waals surface area contributed by atoms with Crippen molar-refractivity contribution in [3.63, 3.8) is 0 Å². The molecule has 0 atom stereocenters. The predicted octanol–water partition coefficient (Wildman–Crippen LogP) is 2.95. The van der Waals surface area contributed by atoms with Gasteiger partial charge in [0.15, 0.2) is 0 Å². The topological polar surface area (TPSA) is 52.7 Å². The second-order valence-corrected chi connectivity index (χ2v) is 8.31. The molecule has 0 spiro atoms. The van der Waals surface area contributed by atoms with Crippen LogP contribution in [0.25, 0.3) is 0 Å². The van der Waals surface area contributed by atoms with E-state index < -0.39 is 0 Å². The van der Waals surface area contributed by atoms with Gasteiger partial charge in [-0.3, -0.25) is 14.5 Å². The van der Waals surface area contributed by atoms with Crippen LogP contribution >= 0.6 is 22.6 Å². The summed E-state index contributed by atoms with van der Waals surface area (Å²) in [7, 11) is 0. The normalized spacial score (nSPS) is 19.2. The minimum atomic E-state index is 0.0350. The van der Waals surface area contributed by atoms with Gasteiger partial charge in [-0.1, -0.05) is 0 Å². The highest BCUT2D eigenvalue weighted by molar-refractivity contribution is 14.1. The van der Waals surface area contributed by atoms with E-state index in [4.69, 9.17) is 0 Å². The highest BCUT2D eigenvalue weighted by Gasteiger charge is 2.25. The first-order chi connectivity index (χ1) is 12.1. The summed E-state index contributed by atoms with van der Waals surface area (Å²) >= 11 is 2.25. The van der Waals surface area contributed by atoms with Crippen molar-refractivity contribution in [3.05, 3.63) is 27.8 Å². The smallest absolute Gasteiger partial charge is 0.238 e. The molecule has 2 amide bonds. The van der Waals surface area contributed by atoms with E-state index in [-0.39, 0.29) is 5.91 Å². The standard InChI is InChI=1S/C19H26IN3O2/c20-16-3-5-17(6-4-16)21-18(24)14-22-11-7-15(8-12-22)13-19(25)23-9-1-2-10-23/h3-6,15H,1-2,7-14H2,(H,21,24). The molecule has 25 heavy (non-hydrogen) atoms. The fraction of sp³-hybridized carbons (Fsp3) is 0.579. The Bertz CT molecular complexity index is 591. The van der Waals surface area contributed by atoms with E-state index in [1.807, 2.05) is 29.2 Å². The Morgan fingerprint density at radius 3 is 2.32 bits per heavy atom. The molecule has 2 saturated heterocycles. The number of carbonyl (C=O) groups is 2. The lowest BCUT2D eigenvalue weighted by atomic mass is 9.93. The number of halogens is 1. The van der Waals surface area contributed by atoms with Crippen molar-refractivity contribution in [3.8, 4) is 0 Å². The van der Waals surface area contributed by atoms with Gasteiger partial charge < -0.3 is 10.2 Å². The molecule has 3 rings (SSSR count). The third-order valence-corrected chi connectivity index (χ3v) is 5.84. The highest BCUT2D eigenvalue weighted by atomic mass is 127. The molecule has 1 aromatic carbocycles. The molecule has 0 saturated carbocycles. The highest BCUT2D eigenvalue weighted by Crippen LogP contribution is 2.22. The molecule has 6 heteroatoms. The van der Waals surface area contributed by atoms with Crippen LogP contribution in [0.5, 0.6) is 0 Å². The molecule has 1 aromatic rings. The van der Waals surface area contributed by atoms with Crippen molar-refractivity contribution in [2.24, 2.45) is 5.92 Å². The molecule has 1 N–H and O–H groups in total. The lowest BCUT2D eigenvalue weighted by Gasteiger charge is -2.31. The Balaban J connectivity index is 1.37. The van der Waals surface area contributed by atoms with Crippen molar-refractivity contribution in [2.45, 2.75) is 32.1 Å². The van der Waals surface area contributed by atoms with Crippen molar-refractivity contribution < 1.29 is 9.59 Å². The zero-order chi connectivity index (χ0) is 17.6. The van der Waals surface area contributed by atoms with Gasteiger partial charge in [0.25, 0.3) is 0 Å². The maximum atomic E-state index is 12.2. The van der Waals surface area contributed by atoms with E-state index in [9.17, 15) is 9.59 Å². The Labute approximate surface area is 163 Å². The molecule has 0 bridgehead atoms. The lowest BCUT2D eigenvalue weighted by molar-refractivity contribution is -0.131. The number of benzene rings is 1. The number of likely N-dealkylation sites (tertiary alicyclic amines) is 2. The molecule has 0 aliphatic carbocycles. The zero-order valence-electron chi connectivity index (χ0n) is 14.5. The summed E-state index contributed by atoms with van der Waals surface area (Å²) in [4.78, 5) is 28.6. The van der Waals surface area contributed by atoms with E-state index in [1.54, 1.807) is 0 Å². The van der Waals surface area contributed by atoms with Gasteiger partial charge in [-0.25, -0.2) is 0 Å². The van der Waals surface area contributed by atoms with E-state index in [1.165, 1.54) is 0 Å². The van der Waals surface area contributed by atoms with Gasteiger partial charge in [0.1, 0.15) is 0 Å². The van der Waals surface area contributed by atoms with E-state index in [0.717, 1.165) is 61.1 Å². The summed E-state index contributed by atoms with van der Waals surface area (Å²) < 4.78 is 1.15. The largest absolute Gasteiger partial charge is 0.343 e. The molecule has 0 aromatic heterocycles. The maximum absolute atomic E-state index is 12.2. The van der Waals surface area contributed by atoms with Gasteiger partial charge in [0, 0.05) is 28.8 Å². The second-order valence-electron chi connectivity index (χ2n) is 7.07. The number of hydrogen-bond acceptors (Lipinski definition) is 3. The van der Waals surface area contributed by atoms with Gasteiger partial charge >= 0.3 is 0 Å². The molecular weight excluding hydrogens is 429 g/mol. The van der Waals surface area contributed by atoms with Crippen molar-refractivity contribution in [1.29, 1.82) is 0 Å². The number of amides is 2. The second kappa shape index (κ2) is 8.98. The van der Waals surface area contributed by atoms with Crippen LogP contribution < -0.4 is 5.32 Å². The minimum absolute atomic E-state index is 0.0350. The van der Waals surface area contributed by atoms with Crippen LogP contribution in [-0.4, -0.2) is 54.3 Å². The van der Waals surface area contributed by atoms with Gasteiger partial charge in [-0.15, -0.1) is 0 Å². The summed E-state index contributed by atoms with van der Waals surface area (Å²) in [6, 6.07) is 7.82. The molecule has 2 aliphatic rings. The third kappa shape index (κ3) is 5.67. The minimum Gasteiger partial charge on any atom is -0.343 e. The summed E-state index contributed by atoms with van der Waals surface area (Å²) in [6.07, 6.45) is 5.01. The average molecular weight is 455 g/mol. The summed E-state index contributed by atoms with van der Waals surface area (Å²) in [5.74, 6) is 0.837. The molecule has 5 nitrogen and oxygen atoms in total. The number of hydrogen-bond donors (Lipinski definition) is 1. The first-order valence-electron chi connectivity index (χ1n) is 9.16. The van der Waals surface area contributed by atoms with Gasteiger partial charge in [0.2, 0.25) is 11.8 Å². The number of carbonyl (C=O) groups excluding carboxylic acids is 2. The summed E-state index contributed by atoms with van der Waals surface area (Å²) in [5.41, 5.74) is 0.844. The fourth-order valence-corrected chi connectivity index (χ4v) is 3.99. The van der Waals surface area contributed by atoms with Crippen LogP contribution in [0.15, 0.2) is 24.3 Å². The number of anilines is 1. The van der Waals surface area contributed by atoms with Crippen molar-refractivity contribution >= 4 is 40.1 Å². The van der Waals surface area contributed by atoms with Crippen molar-refractivity contribution in [1.82, 2.24) is 9.80 Å². The van der Waals surface area contributed by atoms with Crippen LogP contribution in [0.2, 0.25) is 0 Å². The van der Waals surface area contributed by atoms with E-state index in [2.05, 4.69) is 32.8 Å². The lowest BCUT2D eigenvalue weighted by Crippen LogP contribution is -2.40. The van der Waals surface area contributed by atoms with Gasteiger partial charge in [-0.05, 0) is 91.5 Å². The average Bonchev–Trinajstić information content (AvgIpc) is 3.13. The maximum Gasteiger partial charge on any atom is 0.238 e. The van der Waals surface area contributed by atoms with Gasteiger partial charge in [0.05, 0.1) is 6.54 Å². The fourth-order valence-electron chi connectivity index (χ4n) is 3.63. The number of piperidine rings is 1. The predicted molar refractivity (Wildman–Crippen MR) is 107 cm³/mol. The van der Waals surface area contributed by atoms with Crippen LogP contribution in [0, 0.1) is 9.49 Å². The van der Waals surface area contributed by atoms with Crippen molar-refractivity contribution in [2.75, 3.05) is 38.0 Å². The Morgan fingerprint density at radius 2 is 1.68 bits per heavy atom. The molecular formula is C19H26IN3O2. The zero-order valence-corrected chi connectivity index (χ0v) is 16.7.